The van der Waals surface area contributed by atoms with Crippen LogP contribution in [0.4, 0.5) is 0 Å². The van der Waals surface area contributed by atoms with E-state index in [4.69, 9.17) is 11.6 Å². The van der Waals surface area contributed by atoms with E-state index in [9.17, 15) is 13.2 Å². The van der Waals surface area contributed by atoms with Gasteiger partial charge in [-0.3, -0.25) is 4.79 Å². The number of halogens is 1. The Bertz CT molecular complexity index is 744. The molecular weight excluding hydrogens is 374 g/mol. The third kappa shape index (κ3) is 4.38. The first-order valence-corrected chi connectivity index (χ1v) is 11.1. The van der Waals surface area contributed by atoms with Crippen molar-refractivity contribution in [2.45, 2.75) is 43.9 Å². The Morgan fingerprint density at radius 3 is 2.58 bits per heavy atom. The first-order valence-electron chi connectivity index (χ1n) is 9.33. The van der Waals surface area contributed by atoms with Crippen molar-refractivity contribution in [2.75, 3.05) is 26.2 Å². The van der Waals surface area contributed by atoms with Crippen LogP contribution in [0.2, 0.25) is 5.15 Å². The number of nitrogens with zero attached hydrogens (tertiary/aromatic N) is 3. The summed E-state index contributed by atoms with van der Waals surface area (Å²) in [4.78, 5) is 18.7. The minimum absolute atomic E-state index is 0.00995. The number of sulfonamides is 1. The molecule has 0 atom stereocenters. The molecule has 1 aliphatic carbocycles. The second-order valence-electron chi connectivity index (χ2n) is 7.20. The molecule has 8 heteroatoms. The van der Waals surface area contributed by atoms with E-state index in [1.807, 2.05) is 4.90 Å². The van der Waals surface area contributed by atoms with Crippen molar-refractivity contribution in [3.8, 4) is 0 Å². The van der Waals surface area contributed by atoms with Crippen LogP contribution in [0.5, 0.6) is 0 Å². The standard InChI is InChI=1S/C18H26ClN3O3S/c1-2-10-21(13-14-5-6-14)18(23)15-7-11-22(12-8-15)26(24,25)16-4-3-9-20-17(16)19/h3-4,9,14-15H,2,5-8,10-13H2,1H3. The van der Waals surface area contributed by atoms with Gasteiger partial charge >= 0.3 is 0 Å². The largest absolute Gasteiger partial charge is 0.342 e. The van der Waals surface area contributed by atoms with E-state index in [1.165, 1.54) is 29.4 Å². The molecule has 2 fully saturated rings. The van der Waals surface area contributed by atoms with Crippen molar-refractivity contribution in [1.82, 2.24) is 14.2 Å². The molecule has 0 bridgehead atoms. The molecule has 1 aliphatic heterocycles. The molecule has 3 rings (SSSR count). The normalized spacial score (nSPS) is 19.5. The molecule has 1 saturated carbocycles. The molecule has 144 valence electrons. The Morgan fingerprint density at radius 1 is 1.31 bits per heavy atom. The van der Waals surface area contributed by atoms with Gasteiger partial charge in [0.2, 0.25) is 15.9 Å². The van der Waals surface area contributed by atoms with Gasteiger partial charge in [-0.05, 0) is 50.2 Å². The molecule has 6 nitrogen and oxygen atoms in total. The van der Waals surface area contributed by atoms with Gasteiger partial charge in [0.05, 0.1) is 0 Å². The summed E-state index contributed by atoms with van der Waals surface area (Å²) in [6, 6.07) is 3.04. The maximum absolute atomic E-state index is 12.9. The lowest BCUT2D eigenvalue weighted by Gasteiger charge is -2.33. The summed E-state index contributed by atoms with van der Waals surface area (Å²) >= 11 is 5.96. The number of amides is 1. The third-order valence-corrected chi connectivity index (χ3v) is 7.47. The molecule has 2 heterocycles. The molecular formula is C18H26ClN3O3S. The van der Waals surface area contributed by atoms with Crippen molar-refractivity contribution < 1.29 is 13.2 Å². The Hall–Kier alpha value is -1.18. The van der Waals surface area contributed by atoms with Crippen molar-refractivity contribution in [2.24, 2.45) is 11.8 Å². The summed E-state index contributed by atoms with van der Waals surface area (Å²) in [6.45, 7) is 4.41. The number of carbonyl (C=O) groups excluding carboxylic acids is 1. The minimum atomic E-state index is -3.67. The van der Waals surface area contributed by atoms with Crippen molar-refractivity contribution in [1.29, 1.82) is 0 Å². The van der Waals surface area contributed by atoms with E-state index in [0.29, 0.717) is 31.8 Å². The zero-order valence-corrected chi connectivity index (χ0v) is 16.7. The maximum atomic E-state index is 12.9. The Kier molecular flexibility index (Phi) is 6.20. The van der Waals surface area contributed by atoms with Gasteiger partial charge in [-0.15, -0.1) is 0 Å². The van der Waals surface area contributed by atoms with Gasteiger partial charge in [-0.2, -0.15) is 4.31 Å². The van der Waals surface area contributed by atoms with Crippen LogP contribution in [0.25, 0.3) is 0 Å². The number of rotatable bonds is 7. The molecule has 0 aromatic carbocycles. The van der Waals surface area contributed by atoms with Crippen LogP contribution < -0.4 is 0 Å². The number of pyridine rings is 1. The van der Waals surface area contributed by atoms with Crippen LogP contribution >= 0.6 is 11.6 Å². The van der Waals surface area contributed by atoms with Crippen LogP contribution in [0.15, 0.2) is 23.2 Å². The fourth-order valence-electron chi connectivity index (χ4n) is 3.48. The highest BCUT2D eigenvalue weighted by Crippen LogP contribution is 2.32. The van der Waals surface area contributed by atoms with E-state index < -0.39 is 10.0 Å². The molecule has 1 saturated heterocycles. The van der Waals surface area contributed by atoms with E-state index >= 15 is 0 Å². The van der Waals surface area contributed by atoms with E-state index in [-0.39, 0.29) is 21.9 Å². The lowest BCUT2D eigenvalue weighted by atomic mass is 9.96. The molecule has 0 spiro atoms. The second-order valence-corrected chi connectivity index (χ2v) is 9.46. The number of carbonyl (C=O) groups is 1. The zero-order valence-electron chi connectivity index (χ0n) is 15.1. The highest BCUT2D eigenvalue weighted by atomic mass is 35.5. The lowest BCUT2D eigenvalue weighted by molar-refractivity contribution is -0.137. The van der Waals surface area contributed by atoms with Gasteiger partial charge in [0.1, 0.15) is 10.0 Å². The van der Waals surface area contributed by atoms with Gasteiger partial charge in [0.15, 0.2) is 0 Å². The molecule has 1 aromatic rings. The summed E-state index contributed by atoms with van der Waals surface area (Å²) in [5, 5.41) is -0.00995. The van der Waals surface area contributed by atoms with Gasteiger partial charge in [0, 0.05) is 38.3 Å². The molecule has 0 radical (unpaired) electrons. The van der Waals surface area contributed by atoms with Crippen molar-refractivity contribution in [3.63, 3.8) is 0 Å². The summed E-state index contributed by atoms with van der Waals surface area (Å²) < 4.78 is 27.0. The minimum Gasteiger partial charge on any atom is -0.342 e. The topological polar surface area (TPSA) is 70.6 Å². The van der Waals surface area contributed by atoms with Gasteiger partial charge in [-0.25, -0.2) is 13.4 Å². The van der Waals surface area contributed by atoms with Crippen LogP contribution in [-0.4, -0.2) is 54.7 Å². The van der Waals surface area contributed by atoms with Crippen LogP contribution in [0, 0.1) is 11.8 Å². The predicted molar refractivity (Wildman–Crippen MR) is 100 cm³/mol. The molecule has 2 aliphatic rings. The average molecular weight is 400 g/mol. The molecule has 0 N–H and O–H groups in total. The van der Waals surface area contributed by atoms with E-state index in [1.54, 1.807) is 6.07 Å². The van der Waals surface area contributed by atoms with Crippen molar-refractivity contribution in [3.05, 3.63) is 23.5 Å². The van der Waals surface area contributed by atoms with Crippen molar-refractivity contribution >= 4 is 27.5 Å². The highest BCUT2D eigenvalue weighted by molar-refractivity contribution is 7.89. The SMILES string of the molecule is CCCN(CC1CC1)C(=O)C1CCN(S(=O)(=O)c2cccnc2Cl)CC1. The Labute approximate surface area is 160 Å². The Morgan fingerprint density at radius 2 is 2.00 bits per heavy atom. The number of aromatic nitrogens is 1. The van der Waals surface area contributed by atoms with Gasteiger partial charge in [0.25, 0.3) is 0 Å². The van der Waals surface area contributed by atoms with Crippen LogP contribution in [0.1, 0.15) is 39.0 Å². The smallest absolute Gasteiger partial charge is 0.246 e. The first kappa shape index (κ1) is 19.6. The maximum Gasteiger partial charge on any atom is 0.246 e. The summed E-state index contributed by atoms with van der Waals surface area (Å²) in [5.41, 5.74) is 0. The first-order chi connectivity index (χ1) is 12.4. The summed E-state index contributed by atoms with van der Waals surface area (Å²) in [5.74, 6) is 0.769. The number of piperidine rings is 1. The van der Waals surface area contributed by atoms with E-state index in [2.05, 4.69) is 11.9 Å². The van der Waals surface area contributed by atoms with Gasteiger partial charge < -0.3 is 4.90 Å². The predicted octanol–water partition coefficient (Wildman–Crippen LogP) is 2.78. The molecule has 1 amide bonds. The molecule has 26 heavy (non-hydrogen) atoms. The zero-order chi connectivity index (χ0) is 18.7. The quantitative estimate of drug-likeness (QED) is 0.661. The lowest BCUT2D eigenvalue weighted by Crippen LogP contribution is -2.45. The number of hydrogen-bond acceptors (Lipinski definition) is 4. The average Bonchev–Trinajstić information content (AvgIpc) is 3.45. The second kappa shape index (κ2) is 8.23. The fourth-order valence-corrected chi connectivity index (χ4v) is 5.38. The molecule has 0 unspecified atom stereocenters. The summed E-state index contributed by atoms with van der Waals surface area (Å²) in [7, 11) is -3.67. The fraction of sp³-hybridized carbons (Fsp3) is 0.667. The van der Waals surface area contributed by atoms with E-state index in [0.717, 1.165) is 19.5 Å². The van der Waals surface area contributed by atoms with Crippen LogP contribution in [0.3, 0.4) is 0 Å². The van der Waals surface area contributed by atoms with Gasteiger partial charge in [-0.1, -0.05) is 18.5 Å². The van der Waals surface area contributed by atoms with Crippen LogP contribution in [-0.2, 0) is 14.8 Å². The number of hydrogen-bond donors (Lipinski definition) is 0. The summed E-state index contributed by atoms with van der Waals surface area (Å²) in [6.07, 6.45) is 5.97. The third-order valence-electron chi connectivity index (χ3n) is 5.13. The highest BCUT2D eigenvalue weighted by Gasteiger charge is 2.36. The Balaban J connectivity index is 1.63. The molecule has 1 aromatic heterocycles. The monoisotopic (exact) mass is 399 g/mol.